The molecular formula is C20H19ClN4O. The molecule has 3 aromatic rings. The number of hydrogen-bond acceptors (Lipinski definition) is 4. The van der Waals surface area contributed by atoms with Crippen LogP contribution in [0, 0.1) is 6.92 Å². The fraction of sp³-hybridized carbons (Fsp3) is 0.150. The number of nitrogens with zero attached hydrogens (tertiary/aromatic N) is 2. The highest BCUT2D eigenvalue weighted by atomic mass is 35.5. The van der Waals surface area contributed by atoms with Crippen molar-refractivity contribution in [2.24, 2.45) is 0 Å². The van der Waals surface area contributed by atoms with Crippen molar-refractivity contribution in [2.75, 3.05) is 11.9 Å². The molecule has 6 heteroatoms. The summed E-state index contributed by atoms with van der Waals surface area (Å²) in [5.41, 5.74) is 3.58. The Morgan fingerprint density at radius 2 is 1.81 bits per heavy atom. The number of amides is 1. The number of benzene rings is 2. The number of aryl methyl sites for hydroxylation is 1. The minimum absolute atomic E-state index is 0.200. The highest BCUT2D eigenvalue weighted by molar-refractivity contribution is 6.30. The molecule has 1 heterocycles. The van der Waals surface area contributed by atoms with Crippen LogP contribution in [0.3, 0.4) is 0 Å². The highest BCUT2D eigenvalue weighted by Gasteiger charge is 2.07. The molecule has 2 aromatic carbocycles. The van der Waals surface area contributed by atoms with E-state index < -0.39 is 0 Å². The van der Waals surface area contributed by atoms with Gasteiger partial charge in [0, 0.05) is 29.6 Å². The Kier molecular flexibility index (Phi) is 5.81. The standard InChI is InChI=1S/C20H19ClN4O/c1-14-5-7-18(8-6-14)25-20-23-12-16(13-24-20)19(26)22-10-9-15-3-2-4-17(21)11-15/h2-8,11-13H,9-10H2,1H3,(H,22,26)(H,23,24,25). The molecule has 2 N–H and O–H groups in total. The van der Waals surface area contributed by atoms with Crippen molar-refractivity contribution in [3.05, 3.63) is 82.6 Å². The second kappa shape index (κ2) is 8.45. The molecule has 1 amide bonds. The van der Waals surface area contributed by atoms with Crippen molar-refractivity contribution in [3.63, 3.8) is 0 Å². The first-order chi connectivity index (χ1) is 12.6. The van der Waals surface area contributed by atoms with Crippen molar-refractivity contribution in [2.45, 2.75) is 13.3 Å². The van der Waals surface area contributed by atoms with E-state index in [0.717, 1.165) is 11.3 Å². The van der Waals surface area contributed by atoms with Gasteiger partial charge in [0.05, 0.1) is 5.56 Å². The molecule has 0 saturated carbocycles. The third-order valence-corrected chi connectivity index (χ3v) is 4.05. The van der Waals surface area contributed by atoms with Crippen LogP contribution in [0.1, 0.15) is 21.5 Å². The number of hydrogen-bond donors (Lipinski definition) is 2. The molecule has 5 nitrogen and oxygen atoms in total. The van der Waals surface area contributed by atoms with E-state index in [4.69, 9.17) is 11.6 Å². The van der Waals surface area contributed by atoms with Gasteiger partial charge in [-0.3, -0.25) is 4.79 Å². The van der Waals surface area contributed by atoms with Gasteiger partial charge in [-0.05, 0) is 43.2 Å². The Morgan fingerprint density at radius 1 is 1.08 bits per heavy atom. The van der Waals surface area contributed by atoms with Crippen LogP contribution in [0.15, 0.2) is 60.9 Å². The van der Waals surface area contributed by atoms with Crippen molar-refractivity contribution in [3.8, 4) is 0 Å². The summed E-state index contributed by atoms with van der Waals surface area (Å²) in [6.45, 7) is 2.54. The number of halogens is 1. The van der Waals surface area contributed by atoms with Gasteiger partial charge in [-0.1, -0.05) is 41.4 Å². The van der Waals surface area contributed by atoms with Gasteiger partial charge in [0.25, 0.3) is 5.91 Å². The first-order valence-electron chi connectivity index (χ1n) is 8.28. The average molecular weight is 367 g/mol. The normalized spacial score (nSPS) is 10.4. The van der Waals surface area contributed by atoms with Crippen LogP contribution in [0.25, 0.3) is 0 Å². The topological polar surface area (TPSA) is 66.9 Å². The SMILES string of the molecule is Cc1ccc(Nc2ncc(C(=O)NCCc3cccc(Cl)c3)cn2)cc1. The van der Waals surface area contributed by atoms with Gasteiger partial charge >= 0.3 is 0 Å². The van der Waals surface area contributed by atoms with Gasteiger partial charge < -0.3 is 10.6 Å². The largest absolute Gasteiger partial charge is 0.352 e. The van der Waals surface area contributed by atoms with Crippen molar-refractivity contribution in [1.82, 2.24) is 15.3 Å². The van der Waals surface area contributed by atoms with Crippen molar-refractivity contribution >= 4 is 29.1 Å². The Bertz CT molecular complexity index is 879. The quantitative estimate of drug-likeness (QED) is 0.687. The van der Waals surface area contributed by atoms with E-state index in [1.165, 1.54) is 18.0 Å². The maximum Gasteiger partial charge on any atom is 0.254 e. The Hall–Kier alpha value is -2.92. The molecule has 0 bridgehead atoms. The smallest absolute Gasteiger partial charge is 0.254 e. The molecule has 26 heavy (non-hydrogen) atoms. The molecule has 1 aromatic heterocycles. The summed E-state index contributed by atoms with van der Waals surface area (Å²) >= 11 is 5.95. The molecule has 0 aliphatic carbocycles. The van der Waals surface area contributed by atoms with Crippen LogP contribution in [0.4, 0.5) is 11.6 Å². The summed E-state index contributed by atoms with van der Waals surface area (Å²) < 4.78 is 0. The molecule has 0 unspecified atom stereocenters. The van der Waals surface area contributed by atoms with Crippen LogP contribution < -0.4 is 10.6 Å². The lowest BCUT2D eigenvalue weighted by Gasteiger charge is -2.07. The summed E-state index contributed by atoms with van der Waals surface area (Å²) in [5, 5.41) is 6.65. The van der Waals surface area contributed by atoms with Gasteiger partial charge in [-0.15, -0.1) is 0 Å². The average Bonchev–Trinajstić information content (AvgIpc) is 2.64. The first kappa shape index (κ1) is 17.9. The van der Waals surface area contributed by atoms with Crippen LogP contribution >= 0.6 is 11.6 Å². The fourth-order valence-electron chi connectivity index (χ4n) is 2.39. The summed E-state index contributed by atoms with van der Waals surface area (Å²) in [6.07, 6.45) is 3.73. The zero-order valence-corrected chi connectivity index (χ0v) is 15.1. The predicted octanol–water partition coefficient (Wildman–Crippen LogP) is 4.15. The summed E-state index contributed by atoms with van der Waals surface area (Å²) in [4.78, 5) is 20.6. The molecule has 0 radical (unpaired) electrons. The molecule has 0 aliphatic heterocycles. The van der Waals surface area contributed by atoms with Crippen LogP contribution in [-0.2, 0) is 6.42 Å². The van der Waals surface area contributed by atoms with E-state index in [-0.39, 0.29) is 5.91 Å². The second-order valence-corrected chi connectivity index (χ2v) is 6.36. The van der Waals surface area contributed by atoms with Gasteiger partial charge in [-0.25, -0.2) is 9.97 Å². The number of carbonyl (C=O) groups is 1. The summed E-state index contributed by atoms with van der Waals surface area (Å²) in [6, 6.07) is 15.5. The molecular weight excluding hydrogens is 348 g/mol. The summed E-state index contributed by atoms with van der Waals surface area (Å²) in [7, 11) is 0. The maximum absolute atomic E-state index is 12.2. The van der Waals surface area contributed by atoms with Crippen molar-refractivity contribution < 1.29 is 4.79 Å². The first-order valence-corrected chi connectivity index (χ1v) is 8.66. The van der Waals surface area contributed by atoms with E-state index in [9.17, 15) is 4.79 Å². The molecule has 3 rings (SSSR count). The minimum Gasteiger partial charge on any atom is -0.352 e. The lowest BCUT2D eigenvalue weighted by Crippen LogP contribution is -2.26. The number of aromatic nitrogens is 2. The lowest BCUT2D eigenvalue weighted by atomic mass is 10.1. The van der Waals surface area contributed by atoms with E-state index in [0.29, 0.717) is 29.5 Å². The number of rotatable bonds is 6. The van der Waals surface area contributed by atoms with Crippen LogP contribution in [0.2, 0.25) is 5.02 Å². The number of carbonyl (C=O) groups excluding carboxylic acids is 1. The van der Waals surface area contributed by atoms with Crippen molar-refractivity contribution in [1.29, 1.82) is 0 Å². The lowest BCUT2D eigenvalue weighted by molar-refractivity contribution is 0.0953. The van der Waals surface area contributed by atoms with E-state index in [1.807, 2.05) is 55.5 Å². The van der Waals surface area contributed by atoms with E-state index >= 15 is 0 Å². The van der Waals surface area contributed by atoms with Gasteiger partial charge in [0.1, 0.15) is 0 Å². The fourth-order valence-corrected chi connectivity index (χ4v) is 2.60. The van der Waals surface area contributed by atoms with Crippen LogP contribution in [0.5, 0.6) is 0 Å². The summed E-state index contributed by atoms with van der Waals surface area (Å²) in [5.74, 6) is 0.248. The van der Waals surface area contributed by atoms with E-state index in [1.54, 1.807) is 0 Å². The maximum atomic E-state index is 12.2. The predicted molar refractivity (Wildman–Crippen MR) is 104 cm³/mol. The molecule has 0 fully saturated rings. The molecule has 0 spiro atoms. The second-order valence-electron chi connectivity index (χ2n) is 5.92. The zero-order chi connectivity index (χ0) is 18.4. The van der Waals surface area contributed by atoms with Crippen LogP contribution in [-0.4, -0.2) is 22.4 Å². The molecule has 0 saturated heterocycles. The monoisotopic (exact) mass is 366 g/mol. The highest BCUT2D eigenvalue weighted by Crippen LogP contribution is 2.13. The Balaban J connectivity index is 1.52. The minimum atomic E-state index is -0.200. The number of nitrogens with one attached hydrogen (secondary N) is 2. The van der Waals surface area contributed by atoms with Gasteiger partial charge in [0.2, 0.25) is 5.95 Å². The Morgan fingerprint density at radius 3 is 2.50 bits per heavy atom. The number of anilines is 2. The van der Waals surface area contributed by atoms with Gasteiger partial charge in [-0.2, -0.15) is 0 Å². The van der Waals surface area contributed by atoms with Gasteiger partial charge in [0.15, 0.2) is 0 Å². The molecule has 132 valence electrons. The third-order valence-electron chi connectivity index (χ3n) is 3.81. The third kappa shape index (κ3) is 5.04. The zero-order valence-electron chi connectivity index (χ0n) is 14.4. The van der Waals surface area contributed by atoms with E-state index in [2.05, 4.69) is 20.6 Å². The Labute approximate surface area is 157 Å². The molecule has 0 aliphatic rings. The molecule has 0 atom stereocenters.